The summed E-state index contributed by atoms with van der Waals surface area (Å²) in [6.07, 6.45) is -4.96. The van der Waals surface area contributed by atoms with Crippen LogP contribution >= 0.6 is 23.2 Å². The van der Waals surface area contributed by atoms with Gasteiger partial charge in [-0.05, 0) is 68.1 Å². The van der Waals surface area contributed by atoms with Crippen molar-refractivity contribution in [2.24, 2.45) is 5.92 Å². The molecule has 0 radical (unpaired) electrons. The average Bonchev–Trinajstić information content (AvgIpc) is 2.96. The number of para-hydroxylation sites is 1. The second-order valence-electron chi connectivity index (χ2n) is 10.9. The summed E-state index contributed by atoms with van der Waals surface area (Å²) in [5.41, 5.74) is 0.633. The predicted octanol–water partition coefficient (Wildman–Crippen LogP) is 7.01. The maximum absolute atomic E-state index is 13.7. The largest absolute Gasteiger partial charge is 0.486 e. The molecule has 13 heteroatoms. The maximum Gasteiger partial charge on any atom is 0.416 e. The second-order valence-corrected chi connectivity index (χ2v) is 11.7. The molecule has 0 saturated carbocycles. The van der Waals surface area contributed by atoms with E-state index in [1.807, 2.05) is 24.9 Å². The molecule has 3 amide bonds. The minimum Gasteiger partial charge on any atom is -0.486 e. The quantitative estimate of drug-likeness (QED) is 0.243. The summed E-state index contributed by atoms with van der Waals surface area (Å²) in [5.74, 6) is -0.413. The van der Waals surface area contributed by atoms with Crippen molar-refractivity contribution < 1.29 is 32.6 Å². The molecule has 0 aromatic heterocycles. The van der Waals surface area contributed by atoms with Crippen molar-refractivity contribution in [1.29, 1.82) is 0 Å². The Morgan fingerprint density at radius 3 is 2.45 bits per heavy atom. The van der Waals surface area contributed by atoms with E-state index in [4.69, 9.17) is 27.9 Å². The number of amides is 3. The second kappa shape index (κ2) is 14.1. The number of benzene rings is 3. The number of urea groups is 1. The number of carbonyl (C=O) groups is 2. The first-order chi connectivity index (χ1) is 20.8. The molecule has 236 valence electrons. The number of halogens is 5. The van der Waals surface area contributed by atoms with Gasteiger partial charge in [-0.2, -0.15) is 13.2 Å². The molecule has 0 aliphatic carbocycles. The number of anilines is 2. The van der Waals surface area contributed by atoms with Gasteiger partial charge in [0, 0.05) is 31.2 Å². The number of hydrogen-bond donors (Lipinski definition) is 3. The first-order valence-corrected chi connectivity index (χ1v) is 14.6. The molecule has 3 N–H and O–H groups in total. The molecule has 3 aromatic rings. The molecule has 0 saturated heterocycles. The summed E-state index contributed by atoms with van der Waals surface area (Å²) in [6.45, 7) is 4.73. The van der Waals surface area contributed by atoms with Crippen LogP contribution in [0.1, 0.15) is 35.3 Å². The normalized spacial score (nSPS) is 17.8. The van der Waals surface area contributed by atoms with Gasteiger partial charge in [0.05, 0.1) is 39.5 Å². The van der Waals surface area contributed by atoms with Gasteiger partial charge in [-0.15, -0.1) is 0 Å². The fraction of sp³-hybridized carbons (Fsp3) is 0.355. The number of likely N-dealkylation sites (N-methyl/N-ethyl adjacent to an activating group) is 1. The topological polar surface area (TPSA) is 94.1 Å². The van der Waals surface area contributed by atoms with E-state index in [-0.39, 0.29) is 41.1 Å². The van der Waals surface area contributed by atoms with Crippen molar-refractivity contribution >= 4 is 46.5 Å². The number of fused-ring (bicyclic) bond motifs is 1. The SMILES string of the molecule is C[C@@H]1CN([C@H](C)CO)C(=O)c2cccc(NC(=O)Nc3ccc(C(F)(F)F)cc3)c2O[C@@H]1CN(C)Cc1ccc(Cl)c(Cl)c1. The Kier molecular flexibility index (Phi) is 10.7. The van der Waals surface area contributed by atoms with Gasteiger partial charge in [0.25, 0.3) is 5.91 Å². The van der Waals surface area contributed by atoms with Crippen LogP contribution in [0.3, 0.4) is 0 Å². The molecule has 3 atom stereocenters. The highest BCUT2D eigenvalue weighted by Gasteiger charge is 2.35. The van der Waals surface area contributed by atoms with Crippen LogP contribution in [0.2, 0.25) is 10.0 Å². The first kappa shape index (κ1) is 33.4. The summed E-state index contributed by atoms with van der Waals surface area (Å²) < 4.78 is 45.3. The predicted molar refractivity (Wildman–Crippen MR) is 164 cm³/mol. The third kappa shape index (κ3) is 8.15. The lowest BCUT2D eigenvalue weighted by molar-refractivity contribution is -0.137. The Hall–Kier alpha value is -3.51. The number of alkyl halides is 3. The minimum absolute atomic E-state index is 0.143. The average molecular weight is 654 g/mol. The van der Waals surface area contributed by atoms with Gasteiger partial charge in [-0.25, -0.2) is 4.79 Å². The molecule has 1 aliphatic rings. The summed E-state index contributed by atoms with van der Waals surface area (Å²) >= 11 is 12.3. The molecule has 44 heavy (non-hydrogen) atoms. The fourth-order valence-electron chi connectivity index (χ4n) is 4.91. The Morgan fingerprint density at radius 2 is 1.82 bits per heavy atom. The maximum atomic E-state index is 13.7. The van der Waals surface area contributed by atoms with Crippen LogP contribution in [0.4, 0.5) is 29.3 Å². The van der Waals surface area contributed by atoms with Crippen LogP contribution in [0, 0.1) is 5.92 Å². The standard InChI is InChI=1S/C31H33Cl2F3N4O4/c1-18-14-40(19(2)17-41)29(42)23-5-4-6-26(38-30(43)37-22-10-8-21(9-11-22)31(34,35)36)28(23)44-27(18)16-39(3)15-20-7-12-24(32)25(33)13-20/h4-13,18-19,27,41H,14-17H2,1-3H3,(H2,37,38,43)/t18-,19-,27-/m1/s1. The highest BCUT2D eigenvalue weighted by Crippen LogP contribution is 2.35. The molecule has 0 spiro atoms. The number of nitrogens with zero attached hydrogens (tertiary/aromatic N) is 2. The van der Waals surface area contributed by atoms with Crippen molar-refractivity contribution in [3.63, 3.8) is 0 Å². The molecule has 4 rings (SSSR count). The Bertz CT molecular complexity index is 1490. The van der Waals surface area contributed by atoms with Gasteiger partial charge >= 0.3 is 12.2 Å². The van der Waals surface area contributed by atoms with Crippen LogP contribution in [0.15, 0.2) is 60.7 Å². The Labute approximate surface area is 263 Å². The minimum atomic E-state index is -4.50. The lowest BCUT2D eigenvalue weighted by Gasteiger charge is -2.38. The highest BCUT2D eigenvalue weighted by atomic mass is 35.5. The Morgan fingerprint density at radius 1 is 1.11 bits per heavy atom. The number of carbonyl (C=O) groups excluding carboxylic acids is 2. The van der Waals surface area contributed by atoms with E-state index in [1.54, 1.807) is 42.2 Å². The Balaban J connectivity index is 1.60. The van der Waals surface area contributed by atoms with Crippen LogP contribution in [-0.2, 0) is 12.7 Å². The van der Waals surface area contributed by atoms with Gasteiger partial charge in [0.2, 0.25) is 0 Å². The van der Waals surface area contributed by atoms with Gasteiger partial charge in [-0.3, -0.25) is 9.69 Å². The third-order valence-electron chi connectivity index (χ3n) is 7.34. The van der Waals surface area contributed by atoms with Crippen molar-refractivity contribution in [3.05, 3.63) is 87.4 Å². The number of nitrogens with one attached hydrogen (secondary N) is 2. The zero-order chi connectivity index (χ0) is 32.2. The molecule has 3 aromatic carbocycles. The van der Waals surface area contributed by atoms with E-state index in [2.05, 4.69) is 10.6 Å². The zero-order valence-corrected chi connectivity index (χ0v) is 25.8. The number of aliphatic hydroxyl groups is 1. The molecule has 0 bridgehead atoms. The van der Waals surface area contributed by atoms with Crippen LogP contribution in [0.5, 0.6) is 5.75 Å². The zero-order valence-electron chi connectivity index (χ0n) is 24.3. The molecule has 1 aliphatic heterocycles. The van der Waals surface area contributed by atoms with Crippen molar-refractivity contribution in [2.45, 2.75) is 38.7 Å². The van der Waals surface area contributed by atoms with Gasteiger partial charge in [0.1, 0.15) is 6.10 Å². The number of hydrogen-bond acceptors (Lipinski definition) is 5. The summed E-state index contributed by atoms with van der Waals surface area (Å²) in [6, 6.07) is 12.9. The smallest absolute Gasteiger partial charge is 0.416 e. The van der Waals surface area contributed by atoms with E-state index < -0.39 is 29.9 Å². The lowest BCUT2D eigenvalue weighted by Crippen LogP contribution is -2.49. The molecule has 0 fully saturated rings. The van der Waals surface area contributed by atoms with E-state index in [1.165, 1.54) is 0 Å². The van der Waals surface area contributed by atoms with Gasteiger partial charge < -0.3 is 25.4 Å². The number of ether oxygens (including phenoxy) is 1. The third-order valence-corrected chi connectivity index (χ3v) is 8.08. The van der Waals surface area contributed by atoms with E-state index >= 15 is 0 Å². The molecule has 8 nitrogen and oxygen atoms in total. The molecule has 0 unspecified atom stereocenters. The number of aliphatic hydroxyl groups excluding tert-OH is 1. The monoisotopic (exact) mass is 652 g/mol. The van der Waals surface area contributed by atoms with Gasteiger partial charge in [0.15, 0.2) is 5.75 Å². The number of rotatable bonds is 8. The van der Waals surface area contributed by atoms with Crippen molar-refractivity contribution in [1.82, 2.24) is 9.80 Å². The van der Waals surface area contributed by atoms with Crippen LogP contribution in [0.25, 0.3) is 0 Å². The fourth-order valence-corrected chi connectivity index (χ4v) is 5.23. The first-order valence-electron chi connectivity index (χ1n) is 13.9. The highest BCUT2D eigenvalue weighted by molar-refractivity contribution is 6.42. The van der Waals surface area contributed by atoms with Crippen LogP contribution < -0.4 is 15.4 Å². The van der Waals surface area contributed by atoms with Crippen molar-refractivity contribution in [3.8, 4) is 5.75 Å². The molecular weight excluding hydrogens is 620 g/mol. The summed E-state index contributed by atoms with van der Waals surface area (Å²) in [5, 5.41) is 16.0. The lowest BCUT2D eigenvalue weighted by atomic mass is 9.99. The molecule has 1 heterocycles. The van der Waals surface area contributed by atoms with E-state index in [0.717, 1.165) is 29.8 Å². The van der Waals surface area contributed by atoms with Crippen LogP contribution in [-0.4, -0.2) is 65.7 Å². The summed E-state index contributed by atoms with van der Waals surface area (Å²) in [7, 11) is 1.92. The van der Waals surface area contributed by atoms with E-state index in [0.29, 0.717) is 29.7 Å². The van der Waals surface area contributed by atoms with E-state index in [9.17, 15) is 27.9 Å². The molecular formula is C31H33Cl2F3N4O4. The summed E-state index contributed by atoms with van der Waals surface area (Å²) in [4.78, 5) is 30.2. The van der Waals surface area contributed by atoms with Gasteiger partial charge in [-0.1, -0.05) is 42.3 Å². The van der Waals surface area contributed by atoms with Crippen molar-refractivity contribution in [2.75, 3.05) is 37.4 Å².